The van der Waals surface area contributed by atoms with Crippen molar-refractivity contribution in [2.24, 2.45) is 23.7 Å². The zero-order valence-electron chi connectivity index (χ0n) is 18.2. The predicted octanol–water partition coefficient (Wildman–Crippen LogP) is 1.63. The molecule has 1 saturated heterocycles. The van der Waals surface area contributed by atoms with Gasteiger partial charge in [-0.3, -0.25) is 14.4 Å². The van der Waals surface area contributed by atoms with Gasteiger partial charge in [-0.05, 0) is 43.9 Å². The molecule has 7 heteroatoms. The van der Waals surface area contributed by atoms with Crippen LogP contribution in [-0.4, -0.2) is 53.5 Å². The topological polar surface area (TPSA) is 98.7 Å². The number of nitrogens with one attached hydrogen (secondary N) is 2. The predicted molar refractivity (Wildman–Crippen MR) is 115 cm³/mol. The van der Waals surface area contributed by atoms with Crippen LogP contribution in [0.2, 0.25) is 0 Å². The SMILES string of the molecule is CNC(=O)[C@H]1[C@H]2C(=O)N([C@H](C)CO)[C@H](C(=O)Nc3cc(C)ccc3C)[C@H]2C=C[C@H]1C. The summed E-state index contributed by atoms with van der Waals surface area (Å²) in [5, 5.41) is 15.4. The van der Waals surface area contributed by atoms with Crippen molar-refractivity contribution < 1.29 is 19.5 Å². The van der Waals surface area contributed by atoms with Crippen molar-refractivity contribution in [3.8, 4) is 0 Å². The van der Waals surface area contributed by atoms with E-state index in [1.807, 2.05) is 51.1 Å². The summed E-state index contributed by atoms with van der Waals surface area (Å²) in [6.07, 6.45) is 3.81. The molecule has 0 radical (unpaired) electrons. The van der Waals surface area contributed by atoms with E-state index in [4.69, 9.17) is 0 Å². The fourth-order valence-corrected chi connectivity index (χ4v) is 4.75. The minimum atomic E-state index is -0.791. The van der Waals surface area contributed by atoms with Gasteiger partial charge >= 0.3 is 0 Å². The van der Waals surface area contributed by atoms with Gasteiger partial charge in [0.05, 0.1) is 24.5 Å². The highest BCUT2D eigenvalue weighted by molar-refractivity contribution is 6.02. The van der Waals surface area contributed by atoms with Crippen LogP contribution < -0.4 is 10.6 Å². The number of carbonyl (C=O) groups excluding carboxylic acids is 3. The average molecular weight is 414 g/mol. The number of aliphatic hydroxyl groups excluding tert-OH is 1. The number of aliphatic hydroxyl groups is 1. The number of carbonyl (C=O) groups is 3. The second kappa shape index (κ2) is 8.60. The van der Waals surface area contributed by atoms with E-state index in [1.54, 1.807) is 14.0 Å². The Morgan fingerprint density at radius 2 is 1.90 bits per heavy atom. The fourth-order valence-electron chi connectivity index (χ4n) is 4.75. The molecule has 3 rings (SSSR count). The van der Waals surface area contributed by atoms with Crippen LogP contribution in [0.1, 0.15) is 25.0 Å². The molecular weight excluding hydrogens is 382 g/mol. The maximum Gasteiger partial charge on any atom is 0.247 e. The van der Waals surface area contributed by atoms with Gasteiger partial charge in [0.25, 0.3) is 0 Å². The number of hydrogen-bond acceptors (Lipinski definition) is 4. The third kappa shape index (κ3) is 3.74. The Labute approximate surface area is 177 Å². The van der Waals surface area contributed by atoms with Gasteiger partial charge in [0.2, 0.25) is 17.7 Å². The minimum absolute atomic E-state index is 0.123. The van der Waals surface area contributed by atoms with Crippen molar-refractivity contribution in [3.63, 3.8) is 0 Å². The van der Waals surface area contributed by atoms with Gasteiger partial charge < -0.3 is 20.6 Å². The van der Waals surface area contributed by atoms with Gasteiger partial charge in [-0.1, -0.05) is 31.2 Å². The Bertz CT molecular complexity index is 881. The van der Waals surface area contributed by atoms with Crippen molar-refractivity contribution in [1.29, 1.82) is 0 Å². The lowest BCUT2D eigenvalue weighted by molar-refractivity contribution is -0.142. The third-order valence-corrected chi connectivity index (χ3v) is 6.42. The van der Waals surface area contributed by atoms with Crippen molar-refractivity contribution in [2.45, 2.75) is 39.8 Å². The standard InChI is InChI=1S/C23H31N3O4/c1-12-6-7-13(2)17(10-12)25-22(29)20-16-9-8-14(3)18(21(28)24-5)19(16)23(30)26(20)15(4)11-27/h6-10,14-16,18-20,27H,11H2,1-5H3,(H,24,28)(H,25,29)/t14-,15-,16+,18-,19+,20+/m1/s1. The Kier molecular flexibility index (Phi) is 6.31. The second-order valence-electron chi connectivity index (χ2n) is 8.52. The number of aryl methyl sites for hydroxylation is 2. The first kappa shape index (κ1) is 22.0. The molecule has 1 aromatic rings. The molecule has 30 heavy (non-hydrogen) atoms. The lowest BCUT2D eigenvalue weighted by atomic mass is 9.70. The summed E-state index contributed by atoms with van der Waals surface area (Å²) in [6, 6.07) is 4.48. The van der Waals surface area contributed by atoms with Crippen molar-refractivity contribution in [1.82, 2.24) is 10.2 Å². The number of hydrogen-bond donors (Lipinski definition) is 3. The van der Waals surface area contributed by atoms with Crippen LogP contribution in [0.4, 0.5) is 5.69 Å². The highest BCUT2D eigenvalue weighted by Crippen LogP contribution is 2.44. The van der Waals surface area contributed by atoms with E-state index in [1.165, 1.54) is 4.90 Å². The van der Waals surface area contributed by atoms with Crippen molar-refractivity contribution in [2.75, 3.05) is 19.0 Å². The first-order valence-corrected chi connectivity index (χ1v) is 10.4. The van der Waals surface area contributed by atoms with Crippen LogP contribution >= 0.6 is 0 Å². The second-order valence-corrected chi connectivity index (χ2v) is 8.52. The third-order valence-electron chi connectivity index (χ3n) is 6.42. The number of anilines is 1. The van der Waals surface area contributed by atoms with Crippen molar-refractivity contribution in [3.05, 3.63) is 41.5 Å². The molecule has 0 unspecified atom stereocenters. The molecule has 0 spiro atoms. The molecule has 3 N–H and O–H groups in total. The molecule has 0 aromatic heterocycles. The molecule has 162 valence electrons. The number of benzene rings is 1. The molecule has 6 atom stereocenters. The summed E-state index contributed by atoms with van der Waals surface area (Å²) in [4.78, 5) is 40.9. The first-order chi connectivity index (χ1) is 14.2. The van der Waals surface area contributed by atoms with E-state index in [9.17, 15) is 19.5 Å². The van der Waals surface area contributed by atoms with Crippen LogP contribution in [0.25, 0.3) is 0 Å². The Hall–Kier alpha value is -2.67. The molecule has 3 amide bonds. The molecule has 1 aromatic carbocycles. The minimum Gasteiger partial charge on any atom is -0.394 e. The lowest BCUT2D eigenvalue weighted by Gasteiger charge is -2.32. The van der Waals surface area contributed by atoms with Gasteiger partial charge in [0.1, 0.15) is 6.04 Å². The van der Waals surface area contributed by atoms with Crippen LogP contribution in [0, 0.1) is 37.5 Å². The van der Waals surface area contributed by atoms with E-state index >= 15 is 0 Å². The fraction of sp³-hybridized carbons (Fsp3) is 0.522. The monoisotopic (exact) mass is 413 g/mol. The summed E-state index contributed by atoms with van der Waals surface area (Å²) in [7, 11) is 1.56. The largest absolute Gasteiger partial charge is 0.394 e. The van der Waals surface area contributed by atoms with Crippen LogP contribution in [0.15, 0.2) is 30.4 Å². The van der Waals surface area contributed by atoms with Crippen LogP contribution in [0.3, 0.4) is 0 Å². The van der Waals surface area contributed by atoms with Crippen LogP contribution in [0.5, 0.6) is 0 Å². The van der Waals surface area contributed by atoms with E-state index in [0.29, 0.717) is 5.69 Å². The molecule has 2 aliphatic rings. The molecular formula is C23H31N3O4. The van der Waals surface area contributed by atoms with Gasteiger partial charge in [-0.15, -0.1) is 0 Å². The normalized spacial score (nSPS) is 28.8. The number of allylic oxidation sites excluding steroid dienone is 1. The molecule has 0 saturated carbocycles. The van der Waals surface area contributed by atoms with E-state index < -0.39 is 29.8 Å². The quantitative estimate of drug-likeness (QED) is 0.639. The molecule has 0 bridgehead atoms. The van der Waals surface area contributed by atoms with Crippen molar-refractivity contribution >= 4 is 23.4 Å². The highest BCUT2D eigenvalue weighted by atomic mass is 16.3. The zero-order chi connectivity index (χ0) is 22.2. The maximum atomic E-state index is 13.4. The van der Waals surface area contributed by atoms with E-state index in [-0.39, 0.29) is 30.2 Å². The van der Waals surface area contributed by atoms with E-state index in [2.05, 4.69) is 10.6 Å². The number of rotatable bonds is 5. The highest BCUT2D eigenvalue weighted by Gasteiger charge is 2.57. The first-order valence-electron chi connectivity index (χ1n) is 10.4. The van der Waals surface area contributed by atoms with Gasteiger partial charge in [-0.25, -0.2) is 0 Å². The average Bonchev–Trinajstić information content (AvgIpc) is 3.02. The Balaban J connectivity index is 2.01. The van der Waals surface area contributed by atoms with Gasteiger partial charge in [0, 0.05) is 18.7 Å². The van der Waals surface area contributed by atoms with Crippen LogP contribution in [-0.2, 0) is 14.4 Å². The molecule has 7 nitrogen and oxygen atoms in total. The summed E-state index contributed by atoms with van der Waals surface area (Å²) in [5.74, 6) is -2.51. The maximum absolute atomic E-state index is 13.4. The molecule has 1 fully saturated rings. The zero-order valence-corrected chi connectivity index (χ0v) is 18.2. The number of nitrogens with zero attached hydrogens (tertiary/aromatic N) is 1. The summed E-state index contributed by atoms with van der Waals surface area (Å²) >= 11 is 0. The van der Waals surface area contributed by atoms with E-state index in [0.717, 1.165) is 11.1 Å². The summed E-state index contributed by atoms with van der Waals surface area (Å²) in [6.45, 7) is 7.22. The number of fused-ring (bicyclic) bond motifs is 1. The lowest BCUT2D eigenvalue weighted by Crippen LogP contribution is -2.49. The number of amides is 3. The molecule has 1 heterocycles. The summed E-state index contributed by atoms with van der Waals surface area (Å²) in [5.41, 5.74) is 2.64. The number of likely N-dealkylation sites (tertiary alicyclic amines) is 1. The summed E-state index contributed by atoms with van der Waals surface area (Å²) < 4.78 is 0. The van der Waals surface area contributed by atoms with Gasteiger partial charge in [-0.2, -0.15) is 0 Å². The van der Waals surface area contributed by atoms with Gasteiger partial charge in [0.15, 0.2) is 0 Å². The Morgan fingerprint density at radius 3 is 2.53 bits per heavy atom. The smallest absolute Gasteiger partial charge is 0.247 e. The molecule has 1 aliphatic carbocycles. The Morgan fingerprint density at radius 1 is 1.20 bits per heavy atom. The molecule has 1 aliphatic heterocycles.